The smallest absolute Gasteiger partial charge is 0.193 e. The lowest BCUT2D eigenvalue weighted by atomic mass is 10.1. The maximum atomic E-state index is 9.59. The van der Waals surface area contributed by atoms with Crippen LogP contribution in [0.3, 0.4) is 0 Å². The van der Waals surface area contributed by atoms with E-state index < -0.39 is 0 Å². The van der Waals surface area contributed by atoms with Gasteiger partial charge in [0, 0.05) is 38.9 Å². The molecule has 1 saturated heterocycles. The third-order valence-corrected chi connectivity index (χ3v) is 5.65. The van der Waals surface area contributed by atoms with Gasteiger partial charge in [-0.1, -0.05) is 18.2 Å². The highest BCUT2D eigenvalue weighted by molar-refractivity contribution is 5.80. The number of para-hydroxylation sites is 1. The fourth-order valence-corrected chi connectivity index (χ4v) is 3.98. The first-order chi connectivity index (χ1) is 16.1. The number of nitriles is 1. The van der Waals surface area contributed by atoms with Crippen molar-refractivity contribution in [2.24, 2.45) is 12.0 Å². The van der Waals surface area contributed by atoms with E-state index in [9.17, 15) is 5.26 Å². The topological polar surface area (TPSA) is 122 Å². The molecule has 1 aromatic carbocycles. The summed E-state index contributed by atoms with van der Waals surface area (Å²) in [4.78, 5) is 6.64. The predicted octanol–water partition coefficient (Wildman–Crippen LogP) is 1.64. The number of guanidine groups is 1. The number of morpholine rings is 1. The number of aliphatic imine (C=N–C) groups is 1. The third kappa shape index (κ3) is 4.99. The van der Waals surface area contributed by atoms with E-state index in [2.05, 4.69) is 31.5 Å². The fraction of sp³-hybridized carbons (Fsp3) is 0.391. The van der Waals surface area contributed by atoms with Crippen LogP contribution in [0.2, 0.25) is 0 Å². The van der Waals surface area contributed by atoms with Crippen LogP contribution >= 0.6 is 0 Å². The summed E-state index contributed by atoms with van der Waals surface area (Å²) in [5.74, 6) is 1.21. The largest absolute Gasteiger partial charge is 0.382 e. The first kappa shape index (κ1) is 22.4. The zero-order chi connectivity index (χ0) is 23.2. The summed E-state index contributed by atoms with van der Waals surface area (Å²) in [6.07, 6.45) is 5.22. The summed E-state index contributed by atoms with van der Waals surface area (Å²) >= 11 is 0. The first-order valence-electron chi connectivity index (χ1n) is 11.0. The molecule has 0 radical (unpaired) electrons. The van der Waals surface area contributed by atoms with Crippen LogP contribution in [0.15, 0.2) is 47.7 Å². The Balaban J connectivity index is 1.34. The number of aryl methyl sites for hydroxylation is 2. The summed E-state index contributed by atoms with van der Waals surface area (Å²) in [5.41, 5.74) is 9.25. The van der Waals surface area contributed by atoms with E-state index in [-0.39, 0.29) is 6.10 Å². The van der Waals surface area contributed by atoms with Gasteiger partial charge in [0.05, 0.1) is 30.7 Å². The number of hydrogen-bond donors (Lipinski definition) is 2. The summed E-state index contributed by atoms with van der Waals surface area (Å²) in [7, 11) is 3.69. The quantitative estimate of drug-likeness (QED) is 0.335. The second-order valence-corrected chi connectivity index (χ2v) is 7.90. The van der Waals surface area contributed by atoms with Crippen molar-refractivity contribution < 1.29 is 4.74 Å². The molecule has 10 heteroatoms. The number of hydrogen-bond acceptors (Lipinski definition) is 6. The van der Waals surface area contributed by atoms with Crippen LogP contribution in [0, 0.1) is 11.3 Å². The molecule has 3 N–H and O–H groups in total. The monoisotopic (exact) mass is 447 g/mol. The lowest BCUT2D eigenvalue weighted by molar-refractivity contribution is -0.00801. The summed E-state index contributed by atoms with van der Waals surface area (Å²) in [6, 6.07) is 11.8. The molecule has 1 unspecified atom stereocenters. The fourth-order valence-electron chi connectivity index (χ4n) is 3.98. The van der Waals surface area contributed by atoms with Gasteiger partial charge < -0.3 is 20.7 Å². The van der Waals surface area contributed by atoms with Crippen molar-refractivity contribution in [1.82, 2.24) is 29.8 Å². The highest BCUT2D eigenvalue weighted by Gasteiger charge is 2.25. The predicted molar refractivity (Wildman–Crippen MR) is 126 cm³/mol. The average Bonchev–Trinajstić information content (AvgIpc) is 3.42. The van der Waals surface area contributed by atoms with Gasteiger partial charge in [0.25, 0.3) is 0 Å². The normalized spacial score (nSPS) is 16.6. The second-order valence-electron chi connectivity index (χ2n) is 7.90. The van der Waals surface area contributed by atoms with Gasteiger partial charge >= 0.3 is 0 Å². The Morgan fingerprint density at radius 1 is 1.36 bits per heavy atom. The zero-order valence-corrected chi connectivity index (χ0v) is 19.0. The Morgan fingerprint density at radius 2 is 2.18 bits per heavy atom. The van der Waals surface area contributed by atoms with Gasteiger partial charge in [0.2, 0.25) is 0 Å². The van der Waals surface area contributed by atoms with Gasteiger partial charge in [0.15, 0.2) is 5.96 Å². The molecular weight excluding hydrogens is 418 g/mol. The van der Waals surface area contributed by atoms with Crippen molar-refractivity contribution in [3.63, 3.8) is 0 Å². The van der Waals surface area contributed by atoms with Crippen molar-refractivity contribution in [2.45, 2.75) is 18.9 Å². The van der Waals surface area contributed by atoms with Gasteiger partial charge in [0.1, 0.15) is 23.6 Å². The van der Waals surface area contributed by atoms with Crippen LogP contribution in [0.5, 0.6) is 0 Å². The lowest BCUT2D eigenvalue weighted by Gasteiger charge is -2.34. The number of nitrogens with one attached hydrogen (secondary N) is 1. The Kier molecular flexibility index (Phi) is 6.90. The molecular formula is C23H29N9O. The Labute approximate surface area is 193 Å². The standard InChI is InChI=1S/C23H29N9O/c1-26-23(31-11-12-33-21(16-31)17-14-28-30(2)15-17)27-10-6-9-20-19(13-24)22(25)32(29-20)18-7-4-3-5-8-18/h3-5,7-8,14-15,21H,6,9-12,16,25H2,1-2H3,(H,26,27). The van der Waals surface area contributed by atoms with E-state index in [0.717, 1.165) is 30.2 Å². The molecule has 4 rings (SSSR count). The lowest BCUT2D eigenvalue weighted by Crippen LogP contribution is -2.48. The molecule has 1 aliphatic heterocycles. The molecule has 0 spiro atoms. The highest BCUT2D eigenvalue weighted by Crippen LogP contribution is 2.22. The number of aromatic nitrogens is 4. The van der Waals surface area contributed by atoms with Crippen LogP contribution in [-0.4, -0.2) is 63.7 Å². The van der Waals surface area contributed by atoms with E-state index in [1.165, 1.54) is 0 Å². The SMILES string of the molecule is CN=C(NCCCc1nn(-c2ccccc2)c(N)c1C#N)N1CCOC(c2cnn(C)c2)C1. The van der Waals surface area contributed by atoms with E-state index in [1.54, 1.807) is 16.4 Å². The molecule has 0 bridgehead atoms. The molecule has 1 fully saturated rings. The molecule has 1 atom stereocenters. The number of nitrogen functional groups attached to an aromatic ring is 1. The molecule has 33 heavy (non-hydrogen) atoms. The van der Waals surface area contributed by atoms with Crippen LogP contribution in [0.25, 0.3) is 5.69 Å². The summed E-state index contributed by atoms with van der Waals surface area (Å²) in [6.45, 7) is 2.81. The van der Waals surface area contributed by atoms with Gasteiger partial charge in [-0.05, 0) is 25.0 Å². The average molecular weight is 448 g/mol. The Bertz CT molecular complexity index is 1140. The van der Waals surface area contributed by atoms with Crippen LogP contribution in [0.4, 0.5) is 5.82 Å². The second kappa shape index (κ2) is 10.2. The Hall–Kier alpha value is -3.84. The number of anilines is 1. The van der Waals surface area contributed by atoms with Crippen molar-refractivity contribution in [2.75, 3.05) is 39.0 Å². The number of benzene rings is 1. The molecule has 3 aromatic rings. The minimum atomic E-state index is -0.0332. The van der Waals surface area contributed by atoms with Gasteiger partial charge in [-0.25, -0.2) is 4.68 Å². The molecule has 10 nitrogen and oxygen atoms in total. The number of nitrogens with two attached hydrogens (primary N) is 1. The van der Waals surface area contributed by atoms with Crippen molar-refractivity contribution in [3.8, 4) is 11.8 Å². The molecule has 0 amide bonds. The van der Waals surface area contributed by atoms with E-state index in [0.29, 0.717) is 43.2 Å². The van der Waals surface area contributed by atoms with E-state index in [4.69, 9.17) is 10.5 Å². The first-order valence-corrected chi connectivity index (χ1v) is 11.0. The molecule has 1 aliphatic rings. The third-order valence-electron chi connectivity index (χ3n) is 5.65. The number of nitrogens with zero attached hydrogens (tertiary/aromatic N) is 7. The van der Waals surface area contributed by atoms with Crippen LogP contribution in [0.1, 0.15) is 29.3 Å². The molecule has 0 aliphatic carbocycles. The van der Waals surface area contributed by atoms with E-state index in [1.807, 2.05) is 49.8 Å². The van der Waals surface area contributed by atoms with Crippen molar-refractivity contribution in [3.05, 3.63) is 59.5 Å². The minimum Gasteiger partial charge on any atom is -0.382 e. The van der Waals surface area contributed by atoms with Gasteiger partial charge in [-0.3, -0.25) is 9.67 Å². The maximum absolute atomic E-state index is 9.59. The Morgan fingerprint density at radius 3 is 2.88 bits per heavy atom. The van der Waals surface area contributed by atoms with Crippen LogP contribution in [-0.2, 0) is 18.2 Å². The number of ether oxygens (including phenoxy) is 1. The van der Waals surface area contributed by atoms with Gasteiger partial charge in [-0.15, -0.1) is 0 Å². The summed E-state index contributed by atoms with van der Waals surface area (Å²) in [5, 5.41) is 21.9. The van der Waals surface area contributed by atoms with E-state index >= 15 is 0 Å². The summed E-state index contributed by atoms with van der Waals surface area (Å²) < 4.78 is 9.35. The molecule has 3 heterocycles. The minimum absolute atomic E-state index is 0.0332. The van der Waals surface area contributed by atoms with Crippen LogP contribution < -0.4 is 11.1 Å². The number of rotatable bonds is 6. The zero-order valence-electron chi connectivity index (χ0n) is 19.0. The molecule has 2 aromatic heterocycles. The van der Waals surface area contributed by atoms with Crippen molar-refractivity contribution >= 4 is 11.8 Å². The maximum Gasteiger partial charge on any atom is 0.193 e. The van der Waals surface area contributed by atoms with Gasteiger partial charge in [-0.2, -0.15) is 15.5 Å². The van der Waals surface area contributed by atoms with Crippen molar-refractivity contribution in [1.29, 1.82) is 5.26 Å². The molecule has 0 saturated carbocycles. The molecule has 172 valence electrons. The highest BCUT2D eigenvalue weighted by atomic mass is 16.5.